The molecular weight excluding hydrogens is 262 g/mol. The second kappa shape index (κ2) is 5.97. The molecule has 5 nitrogen and oxygen atoms in total. The first-order valence-electron chi connectivity index (χ1n) is 6.21. The lowest BCUT2D eigenvalue weighted by Crippen LogP contribution is -2.40. The molecule has 0 bridgehead atoms. The fourth-order valence-electron chi connectivity index (χ4n) is 2.37. The van der Waals surface area contributed by atoms with Crippen LogP contribution >= 0.6 is 12.2 Å². The van der Waals surface area contributed by atoms with Crippen LogP contribution in [-0.2, 0) is 9.53 Å². The molecule has 1 aromatic heterocycles. The second-order valence-electron chi connectivity index (χ2n) is 4.55. The van der Waals surface area contributed by atoms with Gasteiger partial charge in [0, 0.05) is 19.3 Å². The molecule has 0 aliphatic carbocycles. The van der Waals surface area contributed by atoms with Crippen molar-refractivity contribution in [2.45, 2.75) is 12.8 Å². The van der Waals surface area contributed by atoms with E-state index in [0.717, 1.165) is 30.8 Å². The van der Waals surface area contributed by atoms with Crippen LogP contribution in [0, 0.1) is 5.92 Å². The molecule has 1 aliphatic heterocycles. The molecule has 2 heterocycles. The number of aromatic nitrogens is 1. The summed E-state index contributed by atoms with van der Waals surface area (Å²) >= 11 is 5.04. The van der Waals surface area contributed by atoms with Crippen LogP contribution in [-0.4, -0.2) is 36.1 Å². The standard InChI is InChI=1S/C13H17N3O2S/c1-18-13(17)9-4-3-7-16(8-9)12-10(11(14)19)5-2-6-15-12/h2,5-6,9H,3-4,7-8H2,1H3,(H2,14,19). The minimum atomic E-state index is -0.169. The van der Waals surface area contributed by atoms with E-state index >= 15 is 0 Å². The SMILES string of the molecule is COC(=O)C1CCCN(c2ncccc2C(N)=S)C1. The van der Waals surface area contributed by atoms with Crippen LogP contribution in [0.3, 0.4) is 0 Å². The smallest absolute Gasteiger partial charge is 0.310 e. The second-order valence-corrected chi connectivity index (χ2v) is 4.99. The topological polar surface area (TPSA) is 68.5 Å². The summed E-state index contributed by atoms with van der Waals surface area (Å²) in [4.78, 5) is 18.4. The van der Waals surface area contributed by atoms with Crippen LogP contribution < -0.4 is 10.6 Å². The minimum Gasteiger partial charge on any atom is -0.469 e. The number of hydrogen-bond donors (Lipinski definition) is 1. The summed E-state index contributed by atoms with van der Waals surface area (Å²) in [6.07, 6.45) is 3.48. The molecule has 0 radical (unpaired) electrons. The summed E-state index contributed by atoms with van der Waals surface area (Å²) < 4.78 is 4.82. The average Bonchev–Trinajstić information content (AvgIpc) is 2.46. The van der Waals surface area contributed by atoms with Crippen molar-refractivity contribution in [1.29, 1.82) is 0 Å². The van der Waals surface area contributed by atoms with Gasteiger partial charge in [0.2, 0.25) is 0 Å². The lowest BCUT2D eigenvalue weighted by molar-refractivity contribution is -0.145. The summed E-state index contributed by atoms with van der Waals surface area (Å²) in [5, 5.41) is 0. The number of nitrogens with zero attached hydrogens (tertiary/aromatic N) is 2. The van der Waals surface area contributed by atoms with Crippen LogP contribution in [0.4, 0.5) is 5.82 Å². The minimum absolute atomic E-state index is 0.111. The number of nitrogens with two attached hydrogens (primary N) is 1. The Balaban J connectivity index is 2.22. The van der Waals surface area contributed by atoms with Crippen LogP contribution in [0.25, 0.3) is 0 Å². The van der Waals surface area contributed by atoms with Gasteiger partial charge in [0.1, 0.15) is 10.8 Å². The van der Waals surface area contributed by atoms with Gasteiger partial charge in [-0.15, -0.1) is 0 Å². The van der Waals surface area contributed by atoms with Gasteiger partial charge in [-0.25, -0.2) is 4.98 Å². The van der Waals surface area contributed by atoms with Crippen molar-refractivity contribution < 1.29 is 9.53 Å². The summed E-state index contributed by atoms with van der Waals surface area (Å²) in [6, 6.07) is 3.66. The van der Waals surface area contributed by atoms with E-state index in [1.54, 1.807) is 12.3 Å². The van der Waals surface area contributed by atoms with Gasteiger partial charge in [0.25, 0.3) is 0 Å². The zero-order chi connectivity index (χ0) is 13.8. The molecule has 1 unspecified atom stereocenters. The zero-order valence-corrected chi connectivity index (χ0v) is 11.7. The number of ether oxygens (including phenoxy) is 1. The van der Waals surface area contributed by atoms with E-state index in [1.807, 2.05) is 6.07 Å². The Morgan fingerprint density at radius 3 is 3.11 bits per heavy atom. The van der Waals surface area contributed by atoms with E-state index in [9.17, 15) is 4.79 Å². The molecule has 1 saturated heterocycles. The van der Waals surface area contributed by atoms with Crippen LogP contribution in [0.15, 0.2) is 18.3 Å². The normalized spacial score (nSPS) is 19.0. The average molecular weight is 279 g/mol. The fourth-order valence-corrected chi connectivity index (χ4v) is 2.53. The summed E-state index contributed by atoms with van der Waals surface area (Å²) in [5.74, 6) is 0.473. The van der Waals surface area contributed by atoms with Gasteiger partial charge in [-0.05, 0) is 25.0 Å². The van der Waals surface area contributed by atoms with Crippen molar-refractivity contribution in [3.8, 4) is 0 Å². The molecule has 102 valence electrons. The van der Waals surface area contributed by atoms with Crippen molar-refractivity contribution >= 4 is 29.0 Å². The highest BCUT2D eigenvalue weighted by molar-refractivity contribution is 7.80. The first-order valence-corrected chi connectivity index (χ1v) is 6.62. The summed E-state index contributed by atoms with van der Waals surface area (Å²) in [7, 11) is 1.42. The quantitative estimate of drug-likeness (QED) is 0.660. The number of hydrogen-bond acceptors (Lipinski definition) is 5. The van der Waals surface area contributed by atoms with Crippen LogP contribution in [0.2, 0.25) is 0 Å². The Labute approximate surface area is 117 Å². The highest BCUT2D eigenvalue weighted by atomic mass is 32.1. The van der Waals surface area contributed by atoms with E-state index in [4.69, 9.17) is 22.7 Å². The third-order valence-corrected chi connectivity index (χ3v) is 3.53. The Morgan fingerprint density at radius 2 is 2.42 bits per heavy atom. The van der Waals surface area contributed by atoms with Crippen molar-refractivity contribution in [2.24, 2.45) is 11.7 Å². The van der Waals surface area contributed by atoms with Crippen molar-refractivity contribution in [3.63, 3.8) is 0 Å². The molecule has 1 aromatic rings. The predicted molar refractivity (Wildman–Crippen MR) is 77.1 cm³/mol. The Bertz CT molecular complexity index is 493. The third-order valence-electron chi connectivity index (χ3n) is 3.31. The van der Waals surface area contributed by atoms with Crippen LogP contribution in [0.5, 0.6) is 0 Å². The Hall–Kier alpha value is -1.69. The molecule has 0 spiro atoms. The molecule has 1 atom stereocenters. The molecule has 1 aliphatic rings. The van der Waals surface area contributed by atoms with E-state index in [2.05, 4.69) is 9.88 Å². The molecule has 1 fully saturated rings. The van der Waals surface area contributed by atoms with Gasteiger partial charge < -0.3 is 15.4 Å². The number of carbonyl (C=O) groups excluding carboxylic acids is 1. The molecule has 2 rings (SSSR count). The van der Waals surface area contributed by atoms with Crippen molar-refractivity contribution in [2.75, 3.05) is 25.1 Å². The number of anilines is 1. The van der Waals surface area contributed by atoms with E-state index in [0.29, 0.717) is 11.5 Å². The van der Waals surface area contributed by atoms with Gasteiger partial charge in [-0.3, -0.25) is 4.79 Å². The van der Waals surface area contributed by atoms with Gasteiger partial charge in [0.15, 0.2) is 0 Å². The Kier molecular flexibility index (Phi) is 4.31. The number of pyridine rings is 1. The largest absolute Gasteiger partial charge is 0.469 e. The molecule has 0 aromatic carbocycles. The lowest BCUT2D eigenvalue weighted by Gasteiger charge is -2.33. The monoisotopic (exact) mass is 279 g/mol. The maximum atomic E-state index is 11.6. The highest BCUT2D eigenvalue weighted by Crippen LogP contribution is 2.25. The molecule has 0 amide bonds. The highest BCUT2D eigenvalue weighted by Gasteiger charge is 2.28. The fraction of sp³-hybridized carbons (Fsp3) is 0.462. The van der Waals surface area contributed by atoms with E-state index < -0.39 is 0 Å². The number of carbonyl (C=O) groups is 1. The van der Waals surface area contributed by atoms with Crippen molar-refractivity contribution in [1.82, 2.24) is 4.98 Å². The number of methoxy groups -OCH3 is 1. The zero-order valence-electron chi connectivity index (χ0n) is 10.8. The molecule has 19 heavy (non-hydrogen) atoms. The lowest BCUT2D eigenvalue weighted by atomic mass is 9.98. The molecule has 6 heteroatoms. The first-order chi connectivity index (χ1) is 9.13. The number of thiocarbonyl (C=S) groups is 1. The first kappa shape index (κ1) is 13.7. The van der Waals surface area contributed by atoms with E-state index in [-0.39, 0.29) is 11.9 Å². The third kappa shape index (κ3) is 3.01. The number of rotatable bonds is 3. The Morgan fingerprint density at radius 1 is 1.63 bits per heavy atom. The van der Waals surface area contributed by atoms with E-state index in [1.165, 1.54) is 7.11 Å². The summed E-state index contributed by atoms with van der Waals surface area (Å²) in [5.41, 5.74) is 6.47. The summed E-state index contributed by atoms with van der Waals surface area (Å²) in [6.45, 7) is 1.44. The molecule has 0 saturated carbocycles. The molecular formula is C13H17N3O2S. The van der Waals surface area contributed by atoms with Gasteiger partial charge in [-0.2, -0.15) is 0 Å². The van der Waals surface area contributed by atoms with Gasteiger partial charge in [0.05, 0.1) is 18.6 Å². The number of piperidine rings is 1. The molecule has 2 N–H and O–H groups in total. The van der Waals surface area contributed by atoms with Crippen molar-refractivity contribution in [3.05, 3.63) is 23.9 Å². The van der Waals surface area contributed by atoms with Crippen LogP contribution in [0.1, 0.15) is 18.4 Å². The number of esters is 1. The predicted octanol–water partition coefficient (Wildman–Crippen LogP) is 1.11. The maximum absolute atomic E-state index is 11.6. The van der Waals surface area contributed by atoms with Gasteiger partial charge in [-0.1, -0.05) is 12.2 Å². The maximum Gasteiger partial charge on any atom is 0.310 e. The van der Waals surface area contributed by atoms with Gasteiger partial charge >= 0.3 is 5.97 Å².